The van der Waals surface area contributed by atoms with E-state index >= 15 is 0 Å². The fourth-order valence-corrected chi connectivity index (χ4v) is 3.32. The van der Waals surface area contributed by atoms with Crippen molar-refractivity contribution in [3.05, 3.63) is 81.8 Å². The molecule has 3 aromatic rings. The molecule has 1 aliphatic rings. The molecule has 1 heterocycles. The van der Waals surface area contributed by atoms with Crippen molar-refractivity contribution in [3.8, 4) is 17.2 Å². The molecule has 0 amide bonds. The molecule has 27 heavy (non-hydrogen) atoms. The van der Waals surface area contributed by atoms with Crippen LogP contribution >= 0.6 is 23.2 Å². The highest BCUT2D eigenvalue weighted by atomic mass is 35.5. The summed E-state index contributed by atoms with van der Waals surface area (Å²) in [5.41, 5.74) is 2.75. The zero-order valence-corrected chi connectivity index (χ0v) is 15.9. The summed E-state index contributed by atoms with van der Waals surface area (Å²) < 4.78 is 16.7. The Morgan fingerprint density at radius 3 is 2.52 bits per heavy atom. The topological polar surface area (TPSA) is 39.7 Å². The zero-order valence-electron chi connectivity index (χ0n) is 14.4. The van der Waals surface area contributed by atoms with E-state index in [1.165, 1.54) is 0 Å². The van der Waals surface area contributed by atoms with Crippen molar-refractivity contribution in [1.29, 1.82) is 0 Å². The summed E-state index contributed by atoms with van der Waals surface area (Å²) >= 11 is 12.4. The van der Waals surface area contributed by atoms with Gasteiger partial charge >= 0.3 is 0 Å². The number of para-hydroxylation sites is 1. The molecule has 0 aromatic heterocycles. The van der Waals surface area contributed by atoms with Gasteiger partial charge in [0, 0.05) is 39.5 Å². The molecule has 1 aliphatic heterocycles. The third-order valence-corrected chi connectivity index (χ3v) is 4.97. The molecule has 1 N–H and O–H groups in total. The Kier molecular flexibility index (Phi) is 5.28. The summed E-state index contributed by atoms with van der Waals surface area (Å²) in [6.07, 6.45) is 0. The van der Waals surface area contributed by atoms with Gasteiger partial charge in [-0.15, -0.1) is 0 Å². The molecule has 0 saturated heterocycles. The van der Waals surface area contributed by atoms with E-state index in [1.54, 1.807) is 12.1 Å². The number of benzene rings is 3. The number of hydrogen-bond donors (Lipinski definition) is 1. The first-order chi connectivity index (χ1) is 13.2. The maximum atomic E-state index is 6.22. The Labute approximate surface area is 167 Å². The number of rotatable bonds is 6. The third-order valence-electron chi connectivity index (χ3n) is 4.26. The zero-order chi connectivity index (χ0) is 18.6. The molecule has 6 heteroatoms. The van der Waals surface area contributed by atoms with Crippen molar-refractivity contribution >= 4 is 28.9 Å². The number of anilines is 1. The second-order valence-electron chi connectivity index (χ2n) is 6.02. The van der Waals surface area contributed by atoms with Crippen LogP contribution < -0.4 is 19.5 Å². The van der Waals surface area contributed by atoms with Crippen molar-refractivity contribution in [1.82, 2.24) is 0 Å². The van der Waals surface area contributed by atoms with Gasteiger partial charge in [-0.05, 0) is 30.3 Å². The predicted molar refractivity (Wildman–Crippen MR) is 107 cm³/mol. The van der Waals surface area contributed by atoms with Crippen LogP contribution in [0.15, 0.2) is 60.7 Å². The Hall–Kier alpha value is -2.56. The van der Waals surface area contributed by atoms with Crippen molar-refractivity contribution in [2.45, 2.75) is 13.2 Å². The SMILES string of the molecule is Clc1cccc(Cl)c1COc1ccccc1CNc1ccc2c(c1)OCO2. The van der Waals surface area contributed by atoms with E-state index < -0.39 is 0 Å². The number of ether oxygens (including phenoxy) is 3. The van der Waals surface area contributed by atoms with Crippen LogP contribution in [0, 0.1) is 0 Å². The molecule has 4 rings (SSSR count). The van der Waals surface area contributed by atoms with Crippen LogP contribution in [0.5, 0.6) is 17.2 Å². The minimum atomic E-state index is 0.264. The standard InChI is InChI=1S/C21H17Cl2NO3/c22-17-5-3-6-18(23)16(17)12-25-19-7-2-1-4-14(19)11-24-15-8-9-20-21(10-15)27-13-26-20/h1-10,24H,11-13H2. The second kappa shape index (κ2) is 7.99. The van der Waals surface area contributed by atoms with E-state index in [0.29, 0.717) is 23.2 Å². The first kappa shape index (κ1) is 17.8. The quantitative estimate of drug-likeness (QED) is 0.556. The molecule has 0 aliphatic carbocycles. The van der Waals surface area contributed by atoms with Gasteiger partial charge in [-0.25, -0.2) is 0 Å². The fraction of sp³-hybridized carbons (Fsp3) is 0.143. The van der Waals surface area contributed by atoms with Gasteiger partial charge in [-0.1, -0.05) is 47.5 Å². The summed E-state index contributed by atoms with van der Waals surface area (Å²) in [5.74, 6) is 2.29. The van der Waals surface area contributed by atoms with E-state index in [2.05, 4.69) is 5.32 Å². The van der Waals surface area contributed by atoms with Crippen molar-refractivity contribution in [3.63, 3.8) is 0 Å². The van der Waals surface area contributed by atoms with E-state index in [9.17, 15) is 0 Å². The maximum absolute atomic E-state index is 6.22. The average Bonchev–Trinajstić information content (AvgIpc) is 3.14. The van der Waals surface area contributed by atoms with Crippen LogP contribution in [0.4, 0.5) is 5.69 Å². The maximum Gasteiger partial charge on any atom is 0.231 e. The summed E-state index contributed by atoms with van der Waals surface area (Å²) in [7, 11) is 0. The molecule has 3 aromatic carbocycles. The van der Waals surface area contributed by atoms with Gasteiger partial charge in [-0.2, -0.15) is 0 Å². The molecule has 138 valence electrons. The summed E-state index contributed by atoms with van der Waals surface area (Å²) in [6, 6.07) is 19.1. The minimum absolute atomic E-state index is 0.264. The Morgan fingerprint density at radius 2 is 1.67 bits per heavy atom. The average molecular weight is 402 g/mol. The lowest BCUT2D eigenvalue weighted by Gasteiger charge is -2.14. The molecule has 0 unspecified atom stereocenters. The molecule has 0 fully saturated rings. The molecule has 4 nitrogen and oxygen atoms in total. The lowest BCUT2D eigenvalue weighted by atomic mass is 10.2. The second-order valence-corrected chi connectivity index (χ2v) is 6.83. The van der Waals surface area contributed by atoms with Gasteiger partial charge < -0.3 is 19.5 Å². The largest absolute Gasteiger partial charge is 0.488 e. The highest BCUT2D eigenvalue weighted by molar-refractivity contribution is 6.35. The highest BCUT2D eigenvalue weighted by Gasteiger charge is 2.13. The summed E-state index contributed by atoms with van der Waals surface area (Å²) in [4.78, 5) is 0. The van der Waals surface area contributed by atoms with Crippen LogP contribution in [0.3, 0.4) is 0 Å². The van der Waals surface area contributed by atoms with Crippen molar-refractivity contribution < 1.29 is 14.2 Å². The van der Waals surface area contributed by atoms with Gasteiger partial charge in [0.05, 0.1) is 0 Å². The van der Waals surface area contributed by atoms with E-state index in [1.807, 2.05) is 48.5 Å². The Balaban J connectivity index is 1.45. The van der Waals surface area contributed by atoms with Crippen molar-refractivity contribution in [2.24, 2.45) is 0 Å². The van der Waals surface area contributed by atoms with E-state index in [-0.39, 0.29) is 6.79 Å². The summed E-state index contributed by atoms with van der Waals surface area (Å²) in [6.45, 7) is 1.17. The van der Waals surface area contributed by atoms with Crippen LogP contribution in [0.25, 0.3) is 0 Å². The number of hydrogen-bond acceptors (Lipinski definition) is 4. The van der Waals surface area contributed by atoms with Gasteiger partial charge in [-0.3, -0.25) is 0 Å². The third kappa shape index (κ3) is 4.07. The van der Waals surface area contributed by atoms with Gasteiger partial charge in [0.2, 0.25) is 6.79 Å². The predicted octanol–water partition coefficient (Wildman–Crippen LogP) is 5.91. The number of fused-ring (bicyclic) bond motifs is 1. The van der Waals surface area contributed by atoms with Crippen LogP contribution in [-0.2, 0) is 13.2 Å². The monoisotopic (exact) mass is 401 g/mol. The van der Waals surface area contributed by atoms with E-state index in [0.717, 1.165) is 34.1 Å². The van der Waals surface area contributed by atoms with Crippen LogP contribution in [0.1, 0.15) is 11.1 Å². The molecule has 0 spiro atoms. The van der Waals surface area contributed by atoms with Crippen LogP contribution in [0.2, 0.25) is 10.0 Å². The number of halogens is 2. The molecule has 0 bridgehead atoms. The lowest BCUT2D eigenvalue weighted by molar-refractivity contribution is 0.174. The smallest absolute Gasteiger partial charge is 0.231 e. The highest BCUT2D eigenvalue weighted by Crippen LogP contribution is 2.34. The Morgan fingerprint density at radius 1 is 0.889 bits per heavy atom. The van der Waals surface area contributed by atoms with Gasteiger partial charge in [0.25, 0.3) is 0 Å². The molecular formula is C21H17Cl2NO3. The first-order valence-electron chi connectivity index (χ1n) is 8.48. The van der Waals surface area contributed by atoms with Crippen molar-refractivity contribution in [2.75, 3.05) is 12.1 Å². The first-order valence-corrected chi connectivity index (χ1v) is 9.23. The molecule has 0 atom stereocenters. The molecule has 0 saturated carbocycles. The van der Waals surface area contributed by atoms with Gasteiger partial charge in [0.1, 0.15) is 12.4 Å². The van der Waals surface area contributed by atoms with Crippen LogP contribution in [-0.4, -0.2) is 6.79 Å². The molecule has 0 radical (unpaired) electrons. The lowest BCUT2D eigenvalue weighted by Crippen LogP contribution is -2.04. The normalized spacial score (nSPS) is 12.1. The van der Waals surface area contributed by atoms with E-state index in [4.69, 9.17) is 37.4 Å². The Bertz CT molecular complexity index is 942. The molecular weight excluding hydrogens is 385 g/mol. The summed E-state index contributed by atoms with van der Waals surface area (Å²) in [5, 5.41) is 4.58. The van der Waals surface area contributed by atoms with Gasteiger partial charge in [0.15, 0.2) is 11.5 Å². The number of nitrogens with one attached hydrogen (secondary N) is 1. The fourth-order valence-electron chi connectivity index (χ4n) is 2.81. The minimum Gasteiger partial charge on any atom is -0.488 e.